The number of pyridine rings is 1. The Balaban J connectivity index is 0.000000344. The molecule has 5 aromatic rings. The highest BCUT2D eigenvalue weighted by atomic mass is 19.4. The Morgan fingerprint density at radius 2 is 1.62 bits per heavy atom. The number of nitrogens with one attached hydrogen (secondary N) is 1. The van der Waals surface area contributed by atoms with E-state index in [0.29, 0.717) is 16.9 Å². The zero-order valence-electron chi connectivity index (χ0n) is 17.2. The monoisotopic (exact) mass is 467 g/mol. The summed E-state index contributed by atoms with van der Waals surface area (Å²) in [5, 5.41) is 7.12. The number of fused-ring (bicyclic) bond motifs is 2. The van der Waals surface area contributed by atoms with E-state index in [1.54, 1.807) is 12.1 Å². The fraction of sp³-hybridized carbons (Fsp3) is 0.0435. The van der Waals surface area contributed by atoms with E-state index < -0.39 is 18.1 Å². The Morgan fingerprint density at radius 1 is 0.941 bits per heavy atom. The number of imidazole rings is 2. The summed E-state index contributed by atoms with van der Waals surface area (Å²) in [4.78, 5) is 32.9. The number of rotatable bonds is 3. The van der Waals surface area contributed by atoms with Gasteiger partial charge in [0.15, 0.2) is 0 Å². The average molecular weight is 467 g/mol. The molecule has 172 valence electrons. The van der Waals surface area contributed by atoms with E-state index in [-0.39, 0.29) is 0 Å². The van der Waals surface area contributed by atoms with Gasteiger partial charge in [0.1, 0.15) is 17.0 Å². The molecule has 2 aromatic carbocycles. The van der Waals surface area contributed by atoms with Crippen LogP contribution in [0.25, 0.3) is 39.3 Å². The second-order valence-corrected chi connectivity index (χ2v) is 7.12. The number of nitrogens with two attached hydrogens (primary N) is 1. The molecule has 3 aromatic heterocycles. The summed E-state index contributed by atoms with van der Waals surface area (Å²) in [6, 6.07) is 19.3. The van der Waals surface area contributed by atoms with Crippen LogP contribution in [0.5, 0.6) is 0 Å². The molecule has 4 N–H and O–H groups in total. The Kier molecular flexibility index (Phi) is 5.76. The largest absolute Gasteiger partial charge is 0.490 e. The van der Waals surface area contributed by atoms with Gasteiger partial charge >= 0.3 is 12.1 Å². The van der Waals surface area contributed by atoms with Crippen molar-refractivity contribution in [3.63, 3.8) is 0 Å². The van der Waals surface area contributed by atoms with Crippen LogP contribution in [-0.2, 0) is 4.79 Å². The number of nitrogens with zero attached hydrogens (tertiary/aromatic N) is 3. The zero-order valence-corrected chi connectivity index (χ0v) is 17.2. The second-order valence-electron chi connectivity index (χ2n) is 7.12. The van der Waals surface area contributed by atoms with Gasteiger partial charge in [-0.15, -0.1) is 0 Å². The van der Waals surface area contributed by atoms with Gasteiger partial charge in [-0.3, -0.25) is 4.79 Å². The first-order valence-corrected chi connectivity index (χ1v) is 9.76. The fourth-order valence-corrected chi connectivity index (χ4v) is 3.24. The fourth-order valence-electron chi connectivity index (χ4n) is 3.24. The normalized spacial score (nSPS) is 11.3. The van der Waals surface area contributed by atoms with Gasteiger partial charge in [0, 0.05) is 23.5 Å². The van der Waals surface area contributed by atoms with Crippen molar-refractivity contribution in [3.05, 3.63) is 78.6 Å². The Bertz CT molecular complexity index is 1470. The molecule has 0 saturated heterocycles. The number of alkyl halides is 3. The van der Waals surface area contributed by atoms with Gasteiger partial charge in [-0.2, -0.15) is 13.2 Å². The van der Waals surface area contributed by atoms with Gasteiger partial charge in [0.2, 0.25) is 0 Å². The predicted octanol–water partition coefficient (Wildman–Crippen LogP) is 4.28. The Morgan fingerprint density at radius 3 is 2.24 bits per heavy atom. The summed E-state index contributed by atoms with van der Waals surface area (Å²) in [5.41, 5.74) is 11.0. The van der Waals surface area contributed by atoms with Crippen LogP contribution in [0.1, 0.15) is 10.4 Å². The molecule has 1 amide bonds. The lowest BCUT2D eigenvalue weighted by Gasteiger charge is -1.99. The number of amides is 1. The molecule has 8 nitrogen and oxygen atoms in total. The van der Waals surface area contributed by atoms with Crippen molar-refractivity contribution in [1.29, 1.82) is 0 Å². The van der Waals surface area contributed by atoms with Crippen LogP contribution >= 0.6 is 0 Å². The quantitative estimate of drug-likeness (QED) is 0.365. The highest BCUT2D eigenvalue weighted by Gasteiger charge is 2.38. The molecule has 0 atom stereocenters. The minimum Gasteiger partial charge on any atom is -0.475 e. The molecule has 0 aliphatic heterocycles. The van der Waals surface area contributed by atoms with E-state index in [4.69, 9.17) is 15.6 Å². The van der Waals surface area contributed by atoms with Crippen molar-refractivity contribution in [2.24, 2.45) is 5.73 Å². The SMILES string of the molecule is NC(=O)c1cccc2[nH]c(-c3ccc(-c4cn5ccccc5n4)cc3)nc12.O=C(O)C(F)(F)F. The highest BCUT2D eigenvalue weighted by Crippen LogP contribution is 2.26. The molecule has 0 saturated carbocycles. The molecule has 0 aliphatic rings. The van der Waals surface area contributed by atoms with Crippen molar-refractivity contribution in [1.82, 2.24) is 19.4 Å². The van der Waals surface area contributed by atoms with Gasteiger partial charge in [0.25, 0.3) is 5.91 Å². The molecule has 11 heteroatoms. The van der Waals surface area contributed by atoms with E-state index in [1.807, 2.05) is 65.3 Å². The molecule has 0 radical (unpaired) electrons. The van der Waals surface area contributed by atoms with E-state index in [9.17, 15) is 18.0 Å². The van der Waals surface area contributed by atoms with Crippen molar-refractivity contribution in [3.8, 4) is 22.6 Å². The van der Waals surface area contributed by atoms with Crippen LogP contribution < -0.4 is 5.73 Å². The number of H-pyrrole nitrogens is 1. The lowest BCUT2D eigenvalue weighted by Crippen LogP contribution is -2.21. The third kappa shape index (κ3) is 4.58. The van der Waals surface area contributed by atoms with Gasteiger partial charge in [-0.1, -0.05) is 36.4 Å². The predicted molar refractivity (Wildman–Crippen MR) is 118 cm³/mol. The van der Waals surface area contributed by atoms with E-state index in [0.717, 1.165) is 28.0 Å². The maximum atomic E-state index is 11.6. The van der Waals surface area contributed by atoms with E-state index in [2.05, 4.69) is 15.0 Å². The van der Waals surface area contributed by atoms with Crippen molar-refractivity contribution >= 4 is 28.6 Å². The smallest absolute Gasteiger partial charge is 0.475 e. The number of para-hydroxylation sites is 1. The van der Waals surface area contributed by atoms with Crippen LogP contribution in [0.2, 0.25) is 0 Å². The molecule has 0 fully saturated rings. The van der Waals surface area contributed by atoms with Crippen molar-refractivity contribution in [2.75, 3.05) is 0 Å². The van der Waals surface area contributed by atoms with Crippen LogP contribution in [0, 0.1) is 0 Å². The van der Waals surface area contributed by atoms with Crippen LogP contribution in [-0.4, -0.2) is 42.5 Å². The van der Waals surface area contributed by atoms with Crippen LogP contribution in [0.4, 0.5) is 13.2 Å². The first-order valence-electron chi connectivity index (χ1n) is 9.76. The third-order valence-electron chi connectivity index (χ3n) is 4.84. The molecule has 0 aliphatic carbocycles. The average Bonchev–Trinajstić information content (AvgIpc) is 3.43. The number of aromatic amines is 1. The molecule has 3 heterocycles. The number of carboxylic acids is 1. The summed E-state index contributed by atoms with van der Waals surface area (Å²) in [6.45, 7) is 0. The van der Waals surface area contributed by atoms with E-state index in [1.165, 1.54) is 0 Å². The van der Waals surface area contributed by atoms with Gasteiger partial charge in [-0.05, 0) is 24.3 Å². The number of carbonyl (C=O) groups is 2. The minimum absolute atomic E-state index is 0.413. The minimum atomic E-state index is -5.08. The first-order chi connectivity index (χ1) is 16.1. The molecule has 0 unspecified atom stereocenters. The number of hydrogen-bond donors (Lipinski definition) is 3. The highest BCUT2D eigenvalue weighted by molar-refractivity contribution is 6.04. The zero-order chi connectivity index (χ0) is 24.5. The number of carbonyl (C=O) groups excluding carboxylic acids is 1. The number of carboxylic acid groups (broad SMARTS) is 1. The van der Waals surface area contributed by atoms with Gasteiger partial charge in [-0.25, -0.2) is 14.8 Å². The topological polar surface area (TPSA) is 126 Å². The molecular formula is C23H16F3N5O3. The maximum absolute atomic E-state index is 11.6. The third-order valence-corrected chi connectivity index (χ3v) is 4.84. The summed E-state index contributed by atoms with van der Waals surface area (Å²) in [6.07, 6.45) is -1.10. The summed E-state index contributed by atoms with van der Waals surface area (Å²) in [5.74, 6) is -2.55. The van der Waals surface area contributed by atoms with Gasteiger partial charge in [0.05, 0.1) is 16.8 Å². The molecule has 0 bridgehead atoms. The number of halogens is 3. The van der Waals surface area contributed by atoms with Crippen LogP contribution in [0.15, 0.2) is 73.1 Å². The van der Waals surface area contributed by atoms with Crippen molar-refractivity contribution in [2.45, 2.75) is 6.18 Å². The van der Waals surface area contributed by atoms with Crippen LogP contribution in [0.3, 0.4) is 0 Å². The summed E-state index contributed by atoms with van der Waals surface area (Å²) >= 11 is 0. The van der Waals surface area contributed by atoms with E-state index >= 15 is 0 Å². The summed E-state index contributed by atoms with van der Waals surface area (Å²) in [7, 11) is 0. The molecule has 34 heavy (non-hydrogen) atoms. The first kappa shape index (κ1) is 22.5. The lowest BCUT2D eigenvalue weighted by molar-refractivity contribution is -0.192. The molecule has 0 spiro atoms. The maximum Gasteiger partial charge on any atom is 0.490 e. The Labute approximate surface area is 189 Å². The number of primary amides is 1. The second kappa shape index (κ2) is 8.70. The standard InChI is InChI=1S/C21H15N5O.C2HF3O2/c22-20(27)15-4-3-5-16-19(15)25-21(24-16)14-9-7-13(8-10-14)17-12-26-11-2-1-6-18(26)23-17;3-2(4,5)1(6)7/h1-12H,(H2,22,27)(H,24,25);(H,6,7). The van der Waals surface area contributed by atoms with Crippen molar-refractivity contribution < 1.29 is 27.9 Å². The number of benzene rings is 2. The summed E-state index contributed by atoms with van der Waals surface area (Å²) < 4.78 is 33.7. The lowest BCUT2D eigenvalue weighted by atomic mass is 10.1. The number of aliphatic carboxylic acids is 1. The molecule has 5 rings (SSSR count). The Hall–Kier alpha value is -4.67. The molecular weight excluding hydrogens is 451 g/mol. The van der Waals surface area contributed by atoms with Gasteiger partial charge < -0.3 is 20.2 Å². The number of hydrogen-bond acceptors (Lipinski definition) is 4. The number of aromatic nitrogens is 4.